The highest BCUT2D eigenvalue weighted by atomic mass is 35.5. The first-order valence-electron chi connectivity index (χ1n) is 11.3. The molecule has 0 aliphatic carbocycles. The van der Waals surface area contributed by atoms with E-state index in [4.69, 9.17) is 16.3 Å². The molecule has 0 spiro atoms. The van der Waals surface area contributed by atoms with Crippen LogP contribution in [0.25, 0.3) is 5.69 Å². The summed E-state index contributed by atoms with van der Waals surface area (Å²) in [5, 5.41) is 9.80. The topological polar surface area (TPSA) is 89.3 Å². The van der Waals surface area contributed by atoms with Gasteiger partial charge in [0.25, 0.3) is 0 Å². The normalized spacial score (nSPS) is 18.5. The molecule has 0 bridgehead atoms. The summed E-state index contributed by atoms with van der Waals surface area (Å²) in [5.41, 5.74) is 1.90. The van der Waals surface area contributed by atoms with Crippen molar-refractivity contribution in [3.8, 4) is 5.69 Å². The van der Waals surface area contributed by atoms with Crippen LogP contribution in [0.4, 0.5) is 10.7 Å². The van der Waals surface area contributed by atoms with Gasteiger partial charge in [0.15, 0.2) is 5.82 Å². The van der Waals surface area contributed by atoms with E-state index in [1.54, 1.807) is 24.2 Å². The zero-order valence-electron chi connectivity index (χ0n) is 18.7. The fourth-order valence-corrected chi connectivity index (χ4v) is 4.87. The number of carbonyl (C=O) groups excluding carboxylic acids is 1. The van der Waals surface area contributed by atoms with Gasteiger partial charge in [0, 0.05) is 36.4 Å². The van der Waals surface area contributed by atoms with Gasteiger partial charge < -0.3 is 9.64 Å². The van der Waals surface area contributed by atoms with Crippen LogP contribution in [0.15, 0.2) is 36.7 Å². The Morgan fingerprint density at radius 1 is 1.15 bits per heavy atom. The summed E-state index contributed by atoms with van der Waals surface area (Å²) in [6.07, 6.45) is 4.99. The van der Waals surface area contributed by atoms with Crippen molar-refractivity contribution < 1.29 is 9.53 Å². The van der Waals surface area contributed by atoms with E-state index in [1.807, 2.05) is 31.2 Å². The highest BCUT2D eigenvalue weighted by Crippen LogP contribution is 2.37. The third-order valence-electron chi connectivity index (χ3n) is 6.37. The third kappa shape index (κ3) is 4.01. The van der Waals surface area contributed by atoms with Crippen LogP contribution in [0, 0.1) is 0 Å². The molecule has 1 aromatic carbocycles. The maximum absolute atomic E-state index is 12.7. The number of rotatable bonds is 3. The molecule has 2 aromatic heterocycles. The minimum Gasteiger partial charge on any atom is -0.450 e. The van der Waals surface area contributed by atoms with Gasteiger partial charge in [-0.2, -0.15) is 0 Å². The van der Waals surface area contributed by atoms with Gasteiger partial charge in [0.05, 0.1) is 24.9 Å². The van der Waals surface area contributed by atoms with Crippen LogP contribution in [0.5, 0.6) is 0 Å². The van der Waals surface area contributed by atoms with Crippen molar-refractivity contribution in [1.82, 2.24) is 29.6 Å². The molecule has 0 radical (unpaired) electrons. The number of ether oxygens (including phenoxy) is 1. The lowest BCUT2D eigenvalue weighted by Gasteiger charge is -2.31. The molecule has 3 aromatic rings. The molecule has 1 amide bonds. The Morgan fingerprint density at radius 2 is 1.88 bits per heavy atom. The molecule has 2 aliphatic rings. The van der Waals surface area contributed by atoms with E-state index in [0.29, 0.717) is 18.2 Å². The molecule has 33 heavy (non-hydrogen) atoms. The Labute approximate surface area is 197 Å². The van der Waals surface area contributed by atoms with E-state index in [1.165, 1.54) is 0 Å². The van der Waals surface area contributed by atoms with E-state index < -0.39 is 0 Å². The van der Waals surface area contributed by atoms with Crippen molar-refractivity contribution in [2.24, 2.45) is 0 Å². The molecule has 172 valence electrons. The average Bonchev–Trinajstić information content (AvgIpc) is 3.23. The van der Waals surface area contributed by atoms with E-state index >= 15 is 0 Å². The van der Waals surface area contributed by atoms with Gasteiger partial charge in [-0.15, -0.1) is 10.2 Å². The standard InChI is InChI=1S/C23H26ClN7O2/c1-3-33-23(32)30-14-17-13-18(24)5-6-19(17)31-20(15(30)2)27-28-21(31)16-7-11-29(12-8-16)22-25-9-4-10-26-22/h4-6,9-10,13,15-16H,3,7-8,11-12,14H2,1-2H3. The fourth-order valence-electron chi connectivity index (χ4n) is 4.67. The first-order chi connectivity index (χ1) is 16.1. The van der Waals surface area contributed by atoms with Gasteiger partial charge >= 0.3 is 6.09 Å². The summed E-state index contributed by atoms with van der Waals surface area (Å²) in [7, 11) is 0. The Hall–Kier alpha value is -3.20. The Kier molecular flexibility index (Phi) is 5.88. The van der Waals surface area contributed by atoms with Crippen LogP contribution in [0.2, 0.25) is 5.02 Å². The number of aromatic nitrogens is 5. The summed E-state index contributed by atoms with van der Waals surface area (Å²) >= 11 is 6.33. The van der Waals surface area contributed by atoms with Gasteiger partial charge in [-0.3, -0.25) is 9.47 Å². The molecule has 1 saturated heterocycles. The van der Waals surface area contributed by atoms with Gasteiger partial charge in [-0.05, 0) is 56.5 Å². The quantitative estimate of drug-likeness (QED) is 0.572. The lowest BCUT2D eigenvalue weighted by molar-refractivity contribution is 0.0888. The van der Waals surface area contributed by atoms with Gasteiger partial charge in [0.1, 0.15) is 5.82 Å². The van der Waals surface area contributed by atoms with Crippen molar-refractivity contribution >= 4 is 23.6 Å². The first-order valence-corrected chi connectivity index (χ1v) is 11.6. The Balaban J connectivity index is 1.49. The summed E-state index contributed by atoms with van der Waals surface area (Å²) < 4.78 is 7.44. The molecular weight excluding hydrogens is 442 g/mol. The van der Waals surface area contributed by atoms with Crippen LogP contribution in [0.3, 0.4) is 0 Å². The minimum atomic E-state index is -0.370. The van der Waals surface area contributed by atoms with Gasteiger partial charge in [-0.1, -0.05) is 11.6 Å². The summed E-state index contributed by atoms with van der Waals surface area (Å²) in [6.45, 7) is 6.15. The number of benzene rings is 1. The molecule has 5 rings (SSSR count). The summed E-state index contributed by atoms with van der Waals surface area (Å²) in [6, 6.07) is 7.29. The molecule has 0 N–H and O–H groups in total. The monoisotopic (exact) mass is 467 g/mol. The highest BCUT2D eigenvalue weighted by molar-refractivity contribution is 6.30. The van der Waals surface area contributed by atoms with E-state index in [-0.39, 0.29) is 18.1 Å². The second kappa shape index (κ2) is 8.97. The second-order valence-corrected chi connectivity index (χ2v) is 8.77. The average molecular weight is 468 g/mol. The smallest absolute Gasteiger partial charge is 0.410 e. The van der Waals surface area contributed by atoms with Crippen LogP contribution < -0.4 is 4.90 Å². The maximum atomic E-state index is 12.7. The molecule has 2 aliphatic heterocycles. The maximum Gasteiger partial charge on any atom is 0.410 e. The Morgan fingerprint density at radius 3 is 2.61 bits per heavy atom. The van der Waals surface area contributed by atoms with Crippen LogP contribution >= 0.6 is 11.6 Å². The number of nitrogens with zero attached hydrogens (tertiary/aromatic N) is 7. The van der Waals surface area contributed by atoms with Crippen molar-refractivity contribution in [2.45, 2.75) is 45.2 Å². The number of fused-ring (bicyclic) bond motifs is 3. The first kappa shape index (κ1) is 21.6. The van der Waals surface area contributed by atoms with E-state index in [9.17, 15) is 4.79 Å². The molecule has 1 unspecified atom stereocenters. The molecule has 1 fully saturated rings. The number of amides is 1. The lowest BCUT2D eigenvalue weighted by atomic mass is 9.95. The molecular formula is C23H26ClN7O2. The lowest BCUT2D eigenvalue weighted by Crippen LogP contribution is -2.35. The third-order valence-corrected chi connectivity index (χ3v) is 6.61. The van der Waals surface area contributed by atoms with E-state index in [0.717, 1.165) is 54.8 Å². The number of piperidine rings is 1. The second-order valence-electron chi connectivity index (χ2n) is 8.34. The minimum absolute atomic E-state index is 0.232. The van der Waals surface area contributed by atoms with Crippen molar-refractivity contribution in [3.63, 3.8) is 0 Å². The number of anilines is 1. The van der Waals surface area contributed by atoms with Crippen molar-refractivity contribution in [2.75, 3.05) is 24.6 Å². The summed E-state index contributed by atoms with van der Waals surface area (Å²) in [5.74, 6) is 2.64. The molecule has 9 nitrogen and oxygen atoms in total. The molecule has 1 atom stereocenters. The molecule has 0 saturated carbocycles. The predicted octanol–water partition coefficient (Wildman–Crippen LogP) is 4.13. The molecule has 10 heteroatoms. The van der Waals surface area contributed by atoms with Gasteiger partial charge in [0.2, 0.25) is 5.95 Å². The number of hydrogen-bond donors (Lipinski definition) is 0. The fraction of sp³-hybridized carbons (Fsp3) is 0.435. The predicted molar refractivity (Wildman–Crippen MR) is 124 cm³/mol. The van der Waals surface area contributed by atoms with Crippen molar-refractivity contribution in [3.05, 3.63) is 58.9 Å². The zero-order valence-corrected chi connectivity index (χ0v) is 19.4. The highest BCUT2D eigenvalue weighted by Gasteiger charge is 2.35. The largest absolute Gasteiger partial charge is 0.450 e. The number of hydrogen-bond acceptors (Lipinski definition) is 7. The van der Waals surface area contributed by atoms with Crippen LogP contribution in [0.1, 0.15) is 55.9 Å². The van der Waals surface area contributed by atoms with E-state index in [2.05, 4.69) is 29.6 Å². The zero-order chi connectivity index (χ0) is 22.9. The SMILES string of the molecule is CCOC(=O)N1Cc2cc(Cl)ccc2-n2c(C3CCN(c4ncccn4)CC3)nnc2C1C. The van der Waals surface area contributed by atoms with Crippen LogP contribution in [-0.2, 0) is 11.3 Å². The Bertz CT molecular complexity index is 1140. The van der Waals surface area contributed by atoms with Gasteiger partial charge in [-0.25, -0.2) is 14.8 Å². The number of halogens is 1. The van der Waals surface area contributed by atoms with Crippen molar-refractivity contribution in [1.29, 1.82) is 0 Å². The molecule has 4 heterocycles. The number of carbonyl (C=O) groups is 1. The summed E-state index contributed by atoms with van der Waals surface area (Å²) in [4.78, 5) is 25.4. The van der Waals surface area contributed by atoms with Crippen LogP contribution in [-0.4, -0.2) is 55.4 Å².